The van der Waals surface area contributed by atoms with Crippen molar-refractivity contribution in [1.82, 2.24) is 5.32 Å². The quantitative estimate of drug-likeness (QED) is 0.888. The van der Waals surface area contributed by atoms with E-state index >= 15 is 0 Å². The third kappa shape index (κ3) is 3.30. The first-order chi connectivity index (χ1) is 8.70. The predicted molar refractivity (Wildman–Crippen MR) is 71.2 cm³/mol. The number of aryl methyl sites for hydroxylation is 1. The number of rotatable bonds is 4. The minimum Gasteiger partial charge on any atom is -0.381 e. The van der Waals surface area contributed by atoms with Crippen molar-refractivity contribution in [3.63, 3.8) is 0 Å². The van der Waals surface area contributed by atoms with Crippen molar-refractivity contribution in [2.45, 2.75) is 32.7 Å². The monoisotopic (exact) mass is 251 g/mol. The molecule has 1 N–H and O–H groups in total. The molecule has 2 atom stereocenters. The Labute approximate surface area is 109 Å². The molecule has 1 aliphatic rings. The molecule has 2 unspecified atom stereocenters. The van der Waals surface area contributed by atoms with Crippen LogP contribution < -0.4 is 5.32 Å². The molecule has 3 heteroatoms. The van der Waals surface area contributed by atoms with E-state index in [4.69, 9.17) is 4.74 Å². The Morgan fingerprint density at radius 3 is 3.06 bits per heavy atom. The molecule has 1 saturated heterocycles. The lowest BCUT2D eigenvalue weighted by Crippen LogP contribution is -2.43. The van der Waals surface area contributed by atoms with Crippen molar-refractivity contribution in [3.05, 3.63) is 35.1 Å². The fourth-order valence-electron chi connectivity index (χ4n) is 2.67. The summed E-state index contributed by atoms with van der Waals surface area (Å²) in [7, 11) is 0. The van der Waals surface area contributed by atoms with Crippen molar-refractivity contribution < 1.29 is 9.13 Å². The van der Waals surface area contributed by atoms with Gasteiger partial charge in [0.15, 0.2) is 0 Å². The highest BCUT2D eigenvalue weighted by molar-refractivity contribution is 5.27. The Bertz CT molecular complexity index is 392. The summed E-state index contributed by atoms with van der Waals surface area (Å²) in [5.41, 5.74) is 2.27. The average molecular weight is 251 g/mol. The molecule has 0 radical (unpaired) electrons. The zero-order chi connectivity index (χ0) is 13.0. The summed E-state index contributed by atoms with van der Waals surface area (Å²) < 4.78 is 18.9. The second-order valence-electron chi connectivity index (χ2n) is 5.06. The standard InChI is InChI=1S/C15H22FNO/c1-3-17-15-6-7-18-10-13(15)8-12-9-14(16)5-4-11(12)2/h4-5,9,13,15,17H,3,6-8,10H2,1-2H3. The van der Waals surface area contributed by atoms with E-state index in [1.54, 1.807) is 6.07 Å². The van der Waals surface area contributed by atoms with Crippen LogP contribution in [0.2, 0.25) is 0 Å². The van der Waals surface area contributed by atoms with Gasteiger partial charge in [0.2, 0.25) is 0 Å². The highest BCUT2D eigenvalue weighted by Crippen LogP contribution is 2.22. The summed E-state index contributed by atoms with van der Waals surface area (Å²) in [6.07, 6.45) is 1.94. The molecule has 0 amide bonds. The Balaban J connectivity index is 2.08. The van der Waals surface area contributed by atoms with Gasteiger partial charge in [-0.1, -0.05) is 13.0 Å². The van der Waals surface area contributed by atoms with Crippen LogP contribution in [0.4, 0.5) is 4.39 Å². The summed E-state index contributed by atoms with van der Waals surface area (Å²) in [5.74, 6) is 0.298. The van der Waals surface area contributed by atoms with E-state index in [-0.39, 0.29) is 5.82 Å². The molecule has 0 spiro atoms. The van der Waals surface area contributed by atoms with Crippen LogP contribution in [-0.2, 0) is 11.2 Å². The smallest absolute Gasteiger partial charge is 0.123 e. The minimum atomic E-state index is -0.146. The van der Waals surface area contributed by atoms with Crippen LogP contribution in [-0.4, -0.2) is 25.8 Å². The van der Waals surface area contributed by atoms with Gasteiger partial charge < -0.3 is 10.1 Å². The number of benzene rings is 1. The second-order valence-corrected chi connectivity index (χ2v) is 5.06. The Hall–Kier alpha value is -0.930. The van der Waals surface area contributed by atoms with Crippen LogP contribution in [0.5, 0.6) is 0 Å². The van der Waals surface area contributed by atoms with Crippen molar-refractivity contribution in [2.24, 2.45) is 5.92 Å². The summed E-state index contributed by atoms with van der Waals surface area (Å²) >= 11 is 0. The van der Waals surface area contributed by atoms with Crippen molar-refractivity contribution >= 4 is 0 Å². The first kappa shape index (κ1) is 13.5. The molecule has 1 heterocycles. The topological polar surface area (TPSA) is 21.3 Å². The van der Waals surface area contributed by atoms with Crippen LogP contribution in [0, 0.1) is 18.7 Å². The number of hydrogen-bond donors (Lipinski definition) is 1. The van der Waals surface area contributed by atoms with E-state index in [1.807, 2.05) is 13.0 Å². The van der Waals surface area contributed by atoms with Gasteiger partial charge in [0.05, 0.1) is 6.61 Å². The Kier molecular flexibility index (Phi) is 4.72. The molecule has 2 rings (SSSR count). The number of halogens is 1. The van der Waals surface area contributed by atoms with Crippen LogP contribution in [0.25, 0.3) is 0 Å². The van der Waals surface area contributed by atoms with Gasteiger partial charge in [-0.05, 0) is 49.6 Å². The van der Waals surface area contributed by atoms with E-state index in [1.165, 1.54) is 6.07 Å². The minimum absolute atomic E-state index is 0.146. The van der Waals surface area contributed by atoms with Gasteiger partial charge in [-0.2, -0.15) is 0 Å². The number of ether oxygens (including phenoxy) is 1. The van der Waals surface area contributed by atoms with Crippen LogP contribution >= 0.6 is 0 Å². The zero-order valence-electron chi connectivity index (χ0n) is 11.2. The molecule has 1 fully saturated rings. The highest BCUT2D eigenvalue weighted by atomic mass is 19.1. The largest absolute Gasteiger partial charge is 0.381 e. The van der Waals surface area contributed by atoms with Crippen molar-refractivity contribution in [2.75, 3.05) is 19.8 Å². The van der Waals surface area contributed by atoms with Crippen LogP contribution in [0.1, 0.15) is 24.5 Å². The van der Waals surface area contributed by atoms with Gasteiger partial charge in [-0.25, -0.2) is 4.39 Å². The molecule has 1 aliphatic heterocycles. The third-order valence-corrected chi connectivity index (χ3v) is 3.73. The predicted octanol–water partition coefficient (Wildman–Crippen LogP) is 2.69. The normalized spacial score (nSPS) is 24.2. The lowest BCUT2D eigenvalue weighted by molar-refractivity contribution is 0.0326. The maximum absolute atomic E-state index is 13.3. The third-order valence-electron chi connectivity index (χ3n) is 3.73. The average Bonchev–Trinajstić information content (AvgIpc) is 2.36. The fourth-order valence-corrected chi connectivity index (χ4v) is 2.67. The van der Waals surface area contributed by atoms with Crippen LogP contribution in [0.3, 0.4) is 0 Å². The lowest BCUT2D eigenvalue weighted by Gasteiger charge is -2.32. The van der Waals surface area contributed by atoms with Gasteiger partial charge in [-0.15, -0.1) is 0 Å². The highest BCUT2D eigenvalue weighted by Gasteiger charge is 2.25. The van der Waals surface area contributed by atoms with Crippen molar-refractivity contribution in [1.29, 1.82) is 0 Å². The molecule has 0 aromatic heterocycles. The molecule has 0 saturated carbocycles. The molecule has 0 aliphatic carbocycles. The zero-order valence-corrected chi connectivity index (χ0v) is 11.2. The summed E-state index contributed by atoms with van der Waals surface area (Å²) in [4.78, 5) is 0. The van der Waals surface area contributed by atoms with Gasteiger partial charge in [0, 0.05) is 18.6 Å². The summed E-state index contributed by atoms with van der Waals surface area (Å²) in [6, 6.07) is 5.54. The van der Waals surface area contributed by atoms with Gasteiger partial charge in [0.25, 0.3) is 0 Å². The van der Waals surface area contributed by atoms with Crippen LogP contribution in [0.15, 0.2) is 18.2 Å². The molecule has 18 heavy (non-hydrogen) atoms. The molecule has 1 aromatic carbocycles. The first-order valence-electron chi connectivity index (χ1n) is 6.77. The fraction of sp³-hybridized carbons (Fsp3) is 0.600. The summed E-state index contributed by atoms with van der Waals surface area (Å²) in [6.45, 7) is 6.74. The molecule has 1 aromatic rings. The van der Waals surface area contributed by atoms with E-state index in [0.29, 0.717) is 12.0 Å². The molecular weight excluding hydrogens is 229 g/mol. The van der Waals surface area contributed by atoms with Gasteiger partial charge >= 0.3 is 0 Å². The van der Waals surface area contributed by atoms with Crippen molar-refractivity contribution in [3.8, 4) is 0 Å². The first-order valence-corrected chi connectivity index (χ1v) is 6.77. The van der Waals surface area contributed by atoms with Gasteiger partial charge in [-0.3, -0.25) is 0 Å². The molecular formula is C15H22FNO. The maximum Gasteiger partial charge on any atom is 0.123 e. The Morgan fingerprint density at radius 2 is 2.28 bits per heavy atom. The van der Waals surface area contributed by atoms with Gasteiger partial charge in [0.1, 0.15) is 5.82 Å². The number of nitrogens with one attached hydrogen (secondary N) is 1. The molecule has 0 bridgehead atoms. The lowest BCUT2D eigenvalue weighted by atomic mass is 9.88. The Morgan fingerprint density at radius 1 is 1.44 bits per heavy atom. The maximum atomic E-state index is 13.3. The second kappa shape index (κ2) is 6.30. The molecule has 2 nitrogen and oxygen atoms in total. The van der Waals surface area contributed by atoms with E-state index in [0.717, 1.165) is 43.7 Å². The van der Waals surface area contributed by atoms with E-state index in [9.17, 15) is 4.39 Å². The number of hydrogen-bond acceptors (Lipinski definition) is 2. The SMILES string of the molecule is CCNC1CCOCC1Cc1cc(F)ccc1C. The van der Waals surface area contributed by atoms with E-state index < -0.39 is 0 Å². The van der Waals surface area contributed by atoms with E-state index in [2.05, 4.69) is 12.2 Å². The summed E-state index contributed by atoms with van der Waals surface area (Å²) in [5, 5.41) is 3.52. The molecule has 100 valence electrons.